The van der Waals surface area contributed by atoms with Gasteiger partial charge in [0.05, 0.1) is 22.4 Å². The molecule has 3 fully saturated rings. The third-order valence-electron chi connectivity index (χ3n) is 7.49. The maximum absolute atomic E-state index is 13.5. The van der Waals surface area contributed by atoms with E-state index < -0.39 is 0 Å². The number of nitrogens with one attached hydrogen (secondary N) is 4. The summed E-state index contributed by atoms with van der Waals surface area (Å²) in [7, 11) is 0. The standard InChI is InChI=1S/C27H35N5O4S/c1-5-21(33)29-17-7-6-8-18(17)30-25(34)24-23-22-20(11-12-28-26(22)37-24)32(27(35)31-23)19-10-9-16(13-15(19)4)36-14(2)3/h5,9-10,13-14,17-18,20,22,26,28H,1,6-8,11-12H2,2-4H3,(H,29,33)(H,30,34)(H,31,35)/t17-,18+,20?,22?,26?/m0/s1. The van der Waals surface area contributed by atoms with Crippen LogP contribution < -0.4 is 30.9 Å². The molecule has 0 radical (unpaired) electrons. The Balaban J connectivity index is 1.38. The number of ether oxygens (including phenoxy) is 1. The van der Waals surface area contributed by atoms with Crippen LogP contribution in [-0.2, 0) is 9.59 Å². The van der Waals surface area contributed by atoms with Crippen LogP contribution in [0.1, 0.15) is 45.1 Å². The van der Waals surface area contributed by atoms with Gasteiger partial charge >= 0.3 is 6.03 Å². The van der Waals surface area contributed by atoms with E-state index in [2.05, 4.69) is 27.8 Å². The Morgan fingerprint density at radius 2 is 1.97 bits per heavy atom. The van der Waals surface area contributed by atoms with Crippen LogP contribution in [0, 0.1) is 12.8 Å². The van der Waals surface area contributed by atoms with E-state index in [9.17, 15) is 14.4 Å². The van der Waals surface area contributed by atoms with Crippen LogP contribution in [0.5, 0.6) is 5.75 Å². The molecule has 1 aliphatic carbocycles. The lowest BCUT2D eigenvalue weighted by Crippen LogP contribution is -2.62. The Bertz CT molecular complexity index is 1150. The number of carbonyl (C=O) groups is 3. The molecule has 4 amide bonds. The van der Waals surface area contributed by atoms with E-state index in [4.69, 9.17) is 4.74 Å². The lowest BCUT2D eigenvalue weighted by Gasteiger charge is -2.46. The van der Waals surface area contributed by atoms with Gasteiger partial charge in [-0.05, 0) is 82.8 Å². The van der Waals surface area contributed by atoms with Gasteiger partial charge in [0, 0.05) is 29.4 Å². The second-order valence-electron chi connectivity index (χ2n) is 10.4. The zero-order valence-corrected chi connectivity index (χ0v) is 22.3. The first-order valence-corrected chi connectivity index (χ1v) is 13.9. The fraction of sp³-hybridized carbons (Fsp3) is 0.519. The zero-order valence-electron chi connectivity index (χ0n) is 21.5. The van der Waals surface area contributed by atoms with Crippen molar-refractivity contribution in [2.24, 2.45) is 5.92 Å². The SMILES string of the molecule is C=CC(=O)N[C@H]1CCC[C@H]1NC(=O)C1=C2NC(=O)N(c3ccc(OC(C)C)cc3C)C3CCNC(S1)C23. The monoisotopic (exact) mass is 525 g/mol. The highest BCUT2D eigenvalue weighted by molar-refractivity contribution is 8.04. The second kappa shape index (κ2) is 10.4. The van der Waals surface area contributed by atoms with E-state index in [0.717, 1.165) is 49.2 Å². The normalized spacial score (nSPS) is 28.6. The quantitative estimate of drug-likeness (QED) is 0.408. The molecule has 1 saturated carbocycles. The van der Waals surface area contributed by atoms with E-state index in [1.54, 1.807) is 0 Å². The van der Waals surface area contributed by atoms with Crippen LogP contribution in [0.2, 0.25) is 0 Å². The summed E-state index contributed by atoms with van der Waals surface area (Å²) in [6.45, 7) is 10.2. The smallest absolute Gasteiger partial charge is 0.326 e. The second-order valence-corrected chi connectivity index (χ2v) is 11.5. The van der Waals surface area contributed by atoms with Gasteiger partial charge < -0.3 is 26.0 Å². The van der Waals surface area contributed by atoms with Gasteiger partial charge in [-0.2, -0.15) is 0 Å². The van der Waals surface area contributed by atoms with Gasteiger partial charge in [-0.25, -0.2) is 4.79 Å². The maximum atomic E-state index is 13.5. The summed E-state index contributed by atoms with van der Waals surface area (Å²) in [6.07, 6.45) is 4.64. The van der Waals surface area contributed by atoms with Gasteiger partial charge in [-0.3, -0.25) is 14.5 Å². The Morgan fingerprint density at radius 1 is 1.22 bits per heavy atom. The minimum atomic E-state index is -0.236. The average molecular weight is 526 g/mol. The number of nitrogens with zero attached hydrogens (tertiary/aromatic N) is 1. The molecule has 4 N–H and O–H groups in total. The molecular formula is C27H35N5O4S. The van der Waals surface area contributed by atoms with Gasteiger partial charge in [0.15, 0.2) is 0 Å². The molecule has 0 aromatic heterocycles. The van der Waals surface area contributed by atoms with Crippen LogP contribution in [0.15, 0.2) is 41.5 Å². The van der Waals surface area contributed by atoms with Crippen LogP contribution in [0.3, 0.4) is 0 Å². The predicted octanol–water partition coefficient (Wildman–Crippen LogP) is 2.91. The number of urea groups is 1. The van der Waals surface area contributed by atoms with E-state index in [-0.39, 0.29) is 53.4 Å². The largest absolute Gasteiger partial charge is 0.491 e. The average Bonchev–Trinajstić information content (AvgIpc) is 3.44. The number of rotatable bonds is 7. The fourth-order valence-electron chi connectivity index (χ4n) is 5.93. The Morgan fingerprint density at radius 3 is 2.68 bits per heavy atom. The third kappa shape index (κ3) is 4.96. The zero-order chi connectivity index (χ0) is 26.3. The Hall–Kier alpha value is -2.98. The highest BCUT2D eigenvalue weighted by Crippen LogP contribution is 2.48. The van der Waals surface area contributed by atoms with Crippen LogP contribution in [-0.4, -0.2) is 54.0 Å². The Kier molecular flexibility index (Phi) is 7.22. The summed E-state index contributed by atoms with van der Waals surface area (Å²) in [5.41, 5.74) is 2.52. The van der Waals surface area contributed by atoms with Gasteiger partial charge in [-0.1, -0.05) is 18.3 Å². The van der Waals surface area contributed by atoms with Crippen molar-refractivity contribution in [2.45, 2.75) is 76.1 Å². The van der Waals surface area contributed by atoms with E-state index >= 15 is 0 Å². The van der Waals surface area contributed by atoms with Gasteiger partial charge in [0.2, 0.25) is 5.91 Å². The highest BCUT2D eigenvalue weighted by Gasteiger charge is 2.52. The molecule has 0 bridgehead atoms. The number of amides is 4. The van der Waals surface area contributed by atoms with Gasteiger partial charge in [0.25, 0.3) is 5.91 Å². The summed E-state index contributed by atoms with van der Waals surface area (Å²) in [4.78, 5) is 41.2. The summed E-state index contributed by atoms with van der Waals surface area (Å²) >= 11 is 1.49. The number of aryl methyl sites for hydroxylation is 1. The van der Waals surface area contributed by atoms with Crippen molar-refractivity contribution in [2.75, 3.05) is 11.4 Å². The molecule has 3 unspecified atom stereocenters. The highest BCUT2D eigenvalue weighted by atomic mass is 32.2. The number of anilines is 1. The van der Waals surface area contributed by atoms with Crippen molar-refractivity contribution in [3.05, 3.63) is 47.0 Å². The molecule has 1 aromatic carbocycles. The van der Waals surface area contributed by atoms with E-state index in [0.29, 0.717) is 10.6 Å². The minimum Gasteiger partial charge on any atom is -0.491 e. The lowest BCUT2D eigenvalue weighted by atomic mass is 9.86. The molecule has 3 heterocycles. The summed E-state index contributed by atoms with van der Waals surface area (Å²) < 4.78 is 5.83. The van der Waals surface area contributed by atoms with Crippen molar-refractivity contribution < 1.29 is 19.1 Å². The number of piperidine rings is 1. The summed E-state index contributed by atoms with van der Waals surface area (Å²) in [6, 6.07) is 5.27. The first-order valence-electron chi connectivity index (χ1n) is 13.0. The van der Waals surface area contributed by atoms with E-state index in [1.807, 2.05) is 43.9 Å². The molecule has 10 heteroatoms. The maximum Gasteiger partial charge on any atom is 0.326 e. The van der Waals surface area contributed by atoms with Gasteiger partial charge in [-0.15, -0.1) is 0 Å². The third-order valence-corrected chi connectivity index (χ3v) is 8.85. The number of hydrogen-bond donors (Lipinski definition) is 4. The molecule has 3 aliphatic heterocycles. The topological polar surface area (TPSA) is 112 Å². The van der Waals surface area contributed by atoms with Crippen molar-refractivity contribution in [1.82, 2.24) is 21.3 Å². The van der Waals surface area contributed by atoms with E-state index in [1.165, 1.54) is 17.8 Å². The molecular weight excluding hydrogens is 490 g/mol. The van der Waals surface area contributed by atoms with Crippen LogP contribution in [0.25, 0.3) is 0 Å². The van der Waals surface area contributed by atoms with Crippen molar-refractivity contribution in [3.63, 3.8) is 0 Å². The Labute approximate surface area is 221 Å². The lowest BCUT2D eigenvalue weighted by molar-refractivity contribution is -0.119. The fourth-order valence-corrected chi connectivity index (χ4v) is 7.33. The molecule has 9 nitrogen and oxygen atoms in total. The number of benzene rings is 1. The van der Waals surface area contributed by atoms with Crippen molar-refractivity contribution in [1.29, 1.82) is 0 Å². The molecule has 2 saturated heterocycles. The summed E-state index contributed by atoms with van der Waals surface area (Å²) in [5.74, 6) is 0.324. The molecule has 1 aromatic rings. The molecule has 37 heavy (non-hydrogen) atoms. The number of hydrogen-bond acceptors (Lipinski definition) is 6. The molecule has 0 spiro atoms. The molecule has 198 valence electrons. The predicted molar refractivity (Wildman–Crippen MR) is 144 cm³/mol. The van der Waals surface area contributed by atoms with Crippen LogP contribution >= 0.6 is 11.8 Å². The van der Waals surface area contributed by atoms with Crippen molar-refractivity contribution >= 4 is 35.3 Å². The number of carbonyl (C=O) groups excluding carboxylic acids is 3. The molecule has 4 aliphatic rings. The van der Waals surface area contributed by atoms with Crippen LogP contribution in [0.4, 0.5) is 10.5 Å². The molecule has 5 rings (SSSR count). The van der Waals surface area contributed by atoms with Crippen molar-refractivity contribution in [3.8, 4) is 5.75 Å². The first-order chi connectivity index (χ1) is 17.8. The first kappa shape index (κ1) is 25.7. The molecule has 5 atom stereocenters. The van der Waals surface area contributed by atoms with Gasteiger partial charge in [0.1, 0.15) is 5.75 Å². The summed E-state index contributed by atoms with van der Waals surface area (Å²) in [5, 5.41) is 12.7. The minimum absolute atomic E-state index is 0.00120. The number of thioether (sulfide) groups is 1.